The molecule has 0 fully saturated rings. The molecule has 0 spiro atoms. The number of ether oxygens (including phenoxy) is 1. The first kappa shape index (κ1) is 16.6. The van der Waals surface area contributed by atoms with E-state index in [2.05, 4.69) is 20.7 Å². The lowest BCUT2D eigenvalue weighted by atomic mass is 10.3. The Hall–Kier alpha value is -2.77. The molecule has 1 aromatic carbocycles. The van der Waals surface area contributed by atoms with Crippen molar-refractivity contribution in [3.63, 3.8) is 0 Å². The van der Waals surface area contributed by atoms with Crippen LogP contribution in [-0.4, -0.2) is 39.9 Å². The number of aromatic amines is 1. The van der Waals surface area contributed by atoms with Crippen LogP contribution in [0.1, 0.15) is 24.5 Å². The van der Waals surface area contributed by atoms with E-state index in [1.165, 1.54) is 7.05 Å². The number of aromatic nitrogens is 3. The zero-order valence-corrected chi connectivity index (χ0v) is 13.4. The molecule has 0 atom stereocenters. The molecule has 1 heterocycles. The minimum absolute atomic E-state index is 0.00712. The van der Waals surface area contributed by atoms with Crippen LogP contribution in [0.2, 0.25) is 0 Å². The summed E-state index contributed by atoms with van der Waals surface area (Å²) in [5.41, 5.74) is 0.513. The molecule has 23 heavy (non-hydrogen) atoms. The molecule has 8 nitrogen and oxygen atoms in total. The topological polar surface area (TPSA) is 101 Å². The molecule has 0 aliphatic rings. The van der Waals surface area contributed by atoms with Crippen molar-refractivity contribution in [2.75, 3.05) is 18.4 Å². The van der Waals surface area contributed by atoms with Crippen molar-refractivity contribution in [1.82, 2.24) is 20.1 Å². The number of hydrogen-bond donors (Lipinski definition) is 3. The third-order valence-corrected chi connectivity index (χ3v) is 2.95. The van der Waals surface area contributed by atoms with Gasteiger partial charge in [0.15, 0.2) is 0 Å². The first-order chi connectivity index (χ1) is 11.0. The third-order valence-electron chi connectivity index (χ3n) is 2.95. The molecule has 124 valence electrons. The Morgan fingerprint density at radius 2 is 2.00 bits per heavy atom. The van der Waals surface area contributed by atoms with E-state index in [4.69, 9.17) is 4.74 Å². The number of hydrogen-bond acceptors (Lipinski definition) is 5. The van der Waals surface area contributed by atoms with Gasteiger partial charge in [0.1, 0.15) is 5.75 Å². The van der Waals surface area contributed by atoms with Gasteiger partial charge in [-0.3, -0.25) is 9.78 Å². The van der Waals surface area contributed by atoms with E-state index < -0.39 is 11.6 Å². The van der Waals surface area contributed by atoms with Crippen molar-refractivity contribution < 1.29 is 9.53 Å². The number of anilines is 1. The van der Waals surface area contributed by atoms with E-state index in [0.29, 0.717) is 13.1 Å². The maximum Gasteiger partial charge on any atom is 0.343 e. The number of aryl methyl sites for hydroxylation is 1. The highest BCUT2D eigenvalue weighted by Crippen LogP contribution is 2.16. The standard InChI is InChI=1S/C15H21N5O3/c1-10(2)23-12-6-4-11(5-7-12)16-8-9-17-14(21)13-18-15(22)20(3)19-13/h4-7,10,16H,8-9H2,1-3H3,(H,17,21)(H,18,19,22). The summed E-state index contributed by atoms with van der Waals surface area (Å²) in [5, 5.41) is 9.64. The van der Waals surface area contributed by atoms with Crippen molar-refractivity contribution in [3.05, 3.63) is 40.6 Å². The van der Waals surface area contributed by atoms with Gasteiger partial charge in [-0.05, 0) is 38.1 Å². The van der Waals surface area contributed by atoms with Crippen LogP contribution < -0.4 is 21.1 Å². The molecule has 3 N–H and O–H groups in total. The molecule has 0 saturated heterocycles. The summed E-state index contributed by atoms with van der Waals surface area (Å²) in [6, 6.07) is 7.60. The molecule has 1 aromatic heterocycles. The summed E-state index contributed by atoms with van der Waals surface area (Å²) in [5.74, 6) is 0.413. The number of amides is 1. The Balaban J connectivity index is 1.74. The van der Waals surface area contributed by atoms with Crippen molar-refractivity contribution in [2.45, 2.75) is 20.0 Å². The first-order valence-corrected chi connectivity index (χ1v) is 7.38. The van der Waals surface area contributed by atoms with E-state index in [1.807, 2.05) is 38.1 Å². The lowest BCUT2D eigenvalue weighted by molar-refractivity contribution is 0.0944. The summed E-state index contributed by atoms with van der Waals surface area (Å²) in [6.07, 6.45) is 0.141. The number of H-pyrrole nitrogens is 1. The number of benzene rings is 1. The van der Waals surface area contributed by atoms with Crippen LogP contribution in [0.5, 0.6) is 5.75 Å². The minimum Gasteiger partial charge on any atom is -0.491 e. The maximum absolute atomic E-state index is 11.8. The monoisotopic (exact) mass is 319 g/mol. The SMILES string of the molecule is CC(C)Oc1ccc(NCCNC(=O)c2nn(C)c(=O)[nH]2)cc1. The largest absolute Gasteiger partial charge is 0.491 e. The molecule has 2 rings (SSSR count). The van der Waals surface area contributed by atoms with E-state index in [1.54, 1.807) is 0 Å². The second-order valence-corrected chi connectivity index (χ2v) is 5.28. The Morgan fingerprint density at radius 1 is 1.30 bits per heavy atom. The Morgan fingerprint density at radius 3 is 2.57 bits per heavy atom. The minimum atomic E-state index is -0.419. The second-order valence-electron chi connectivity index (χ2n) is 5.28. The van der Waals surface area contributed by atoms with Gasteiger partial charge in [-0.2, -0.15) is 0 Å². The maximum atomic E-state index is 11.8. The van der Waals surface area contributed by atoms with Gasteiger partial charge in [0.05, 0.1) is 6.10 Å². The van der Waals surface area contributed by atoms with Crippen molar-refractivity contribution in [2.24, 2.45) is 7.05 Å². The molecule has 0 radical (unpaired) electrons. The van der Waals surface area contributed by atoms with Crippen molar-refractivity contribution in [3.8, 4) is 5.75 Å². The zero-order chi connectivity index (χ0) is 16.8. The predicted octanol–water partition coefficient (Wildman–Crippen LogP) is 0.737. The quantitative estimate of drug-likeness (QED) is 0.653. The van der Waals surface area contributed by atoms with Gasteiger partial charge in [0.2, 0.25) is 5.82 Å². The van der Waals surface area contributed by atoms with Crippen LogP contribution in [0, 0.1) is 0 Å². The van der Waals surface area contributed by atoms with Gasteiger partial charge < -0.3 is 15.4 Å². The smallest absolute Gasteiger partial charge is 0.343 e. The van der Waals surface area contributed by atoms with Crippen LogP contribution >= 0.6 is 0 Å². The highest BCUT2D eigenvalue weighted by atomic mass is 16.5. The fourth-order valence-electron chi connectivity index (χ4n) is 1.89. The summed E-state index contributed by atoms with van der Waals surface area (Å²) < 4.78 is 6.64. The van der Waals surface area contributed by atoms with E-state index in [9.17, 15) is 9.59 Å². The van der Waals surface area contributed by atoms with E-state index in [-0.39, 0.29) is 11.9 Å². The molecule has 1 amide bonds. The summed E-state index contributed by atoms with van der Waals surface area (Å²) in [4.78, 5) is 25.3. The highest BCUT2D eigenvalue weighted by Gasteiger charge is 2.10. The van der Waals surface area contributed by atoms with Gasteiger partial charge in [-0.15, -0.1) is 5.10 Å². The van der Waals surface area contributed by atoms with Crippen LogP contribution in [0.3, 0.4) is 0 Å². The van der Waals surface area contributed by atoms with E-state index >= 15 is 0 Å². The lowest BCUT2D eigenvalue weighted by Gasteiger charge is -2.11. The Kier molecular flexibility index (Phi) is 5.40. The zero-order valence-electron chi connectivity index (χ0n) is 13.4. The first-order valence-electron chi connectivity index (χ1n) is 7.38. The number of nitrogens with one attached hydrogen (secondary N) is 3. The molecular weight excluding hydrogens is 298 g/mol. The summed E-state index contributed by atoms with van der Waals surface area (Å²) in [7, 11) is 1.48. The van der Waals surface area contributed by atoms with E-state index in [0.717, 1.165) is 16.1 Å². The Bertz CT molecular complexity index is 703. The van der Waals surface area contributed by atoms with Gasteiger partial charge in [-0.1, -0.05) is 0 Å². The predicted molar refractivity (Wildman–Crippen MR) is 86.9 cm³/mol. The number of carbonyl (C=O) groups excluding carboxylic acids is 1. The molecule has 8 heteroatoms. The summed E-state index contributed by atoms with van der Waals surface area (Å²) in [6.45, 7) is 4.90. The average molecular weight is 319 g/mol. The normalized spacial score (nSPS) is 10.6. The number of carbonyl (C=O) groups is 1. The molecule has 0 unspecified atom stereocenters. The van der Waals surface area contributed by atoms with Gasteiger partial charge in [-0.25, -0.2) is 9.48 Å². The van der Waals surface area contributed by atoms with Gasteiger partial charge in [0.25, 0.3) is 5.91 Å². The average Bonchev–Trinajstić information content (AvgIpc) is 2.84. The molecule has 0 aliphatic carbocycles. The second kappa shape index (κ2) is 7.48. The van der Waals surface area contributed by atoms with Crippen molar-refractivity contribution in [1.29, 1.82) is 0 Å². The molecular formula is C15H21N5O3. The van der Waals surface area contributed by atoms with Crippen molar-refractivity contribution >= 4 is 11.6 Å². The number of rotatable bonds is 7. The highest BCUT2D eigenvalue weighted by molar-refractivity contribution is 5.90. The van der Waals surface area contributed by atoms with Gasteiger partial charge >= 0.3 is 5.69 Å². The van der Waals surface area contributed by atoms with Crippen LogP contribution in [0.15, 0.2) is 29.1 Å². The van der Waals surface area contributed by atoms with Crippen LogP contribution in [0.4, 0.5) is 5.69 Å². The molecule has 0 bridgehead atoms. The van der Waals surface area contributed by atoms with Crippen LogP contribution in [0.25, 0.3) is 0 Å². The third kappa shape index (κ3) is 4.87. The Labute approximate surface area is 133 Å². The fourth-order valence-corrected chi connectivity index (χ4v) is 1.89. The lowest BCUT2D eigenvalue weighted by Crippen LogP contribution is -2.29. The van der Waals surface area contributed by atoms with Gasteiger partial charge in [0, 0.05) is 25.8 Å². The van der Waals surface area contributed by atoms with Crippen LogP contribution in [-0.2, 0) is 7.05 Å². The summed E-state index contributed by atoms with van der Waals surface area (Å²) >= 11 is 0. The molecule has 0 saturated carbocycles. The molecule has 2 aromatic rings. The molecule has 0 aliphatic heterocycles. The number of nitrogens with zero attached hydrogens (tertiary/aromatic N) is 2. The fraction of sp³-hybridized carbons (Fsp3) is 0.400.